The maximum Gasteiger partial charge on any atom is 0.494 e. The maximum atomic E-state index is 10.3. The Bertz CT molecular complexity index is 440. The number of carbonyl (C=O) groups is 1. The summed E-state index contributed by atoms with van der Waals surface area (Å²) in [4.78, 5) is 10.3. The zero-order valence-electron chi connectivity index (χ0n) is 11.9. The van der Waals surface area contributed by atoms with E-state index in [1.165, 1.54) is 0 Å². The Morgan fingerprint density at radius 1 is 1.11 bits per heavy atom. The van der Waals surface area contributed by atoms with Crippen LogP contribution < -0.4 is 10.8 Å². The molecule has 2 rings (SSSR count). The van der Waals surface area contributed by atoms with Gasteiger partial charge >= 0.3 is 7.12 Å². The first-order valence-corrected chi connectivity index (χ1v) is 6.49. The molecule has 1 aliphatic heterocycles. The Labute approximate surface area is 114 Å². The highest BCUT2D eigenvalue weighted by Crippen LogP contribution is 2.36. The van der Waals surface area contributed by atoms with Gasteiger partial charge in [0.2, 0.25) is 0 Å². The number of rotatable bonds is 4. The maximum absolute atomic E-state index is 10.3. The fraction of sp³-hybridized carbons (Fsp3) is 0.500. The Morgan fingerprint density at radius 2 is 1.63 bits per heavy atom. The Kier molecular flexibility index (Phi) is 3.70. The van der Waals surface area contributed by atoms with Crippen molar-refractivity contribution in [2.24, 2.45) is 0 Å². The van der Waals surface area contributed by atoms with Crippen molar-refractivity contribution in [3.63, 3.8) is 0 Å². The fourth-order valence-electron chi connectivity index (χ4n) is 1.90. The number of hydrogen-bond acceptors (Lipinski definition) is 4. The largest absolute Gasteiger partial charge is 0.494 e. The van der Waals surface area contributed by atoms with Crippen LogP contribution in [0.5, 0.6) is 0 Å². The number of hydrogen-bond donors (Lipinski definition) is 1. The molecule has 19 heavy (non-hydrogen) atoms. The van der Waals surface area contributed by atoms with Crippen molar-refractivity contribution in [3.8, 4) is 0 Å². The quantitative estimate of drug-likeness (QED) is 0.660. The van der Waals surface area contributed by atoms with E-state index < -0.39 is 0 Å². The highest BCUT2D eigenvalue weighted by atomic mass is 16.7. The topological polar surface area (TPSA) is 47.6 Å². The summed E-state index contributed by atoms with van der Waals surface area (Å²) < 4.78 is 11.9. The number of anilines is 1. The van der Waals surface area contributed by atoms with Crippen LogP contribution in [-0.4, -0.2) is 31.2 Å². The molecule has 1 aromatic rings. The molecule has 0 bridgehead atoms. The first-order valence-electron chi connectivity index (χ1n) is 6.49. The minimum atomic E-state index is -0.342. The lowest BCUT2D eigenvalue weighted by Crippen LogP contribution is -2.41. The minimum Gasteiger partial charge on any atom is -0.399 e. The summed E-state index contributed by atoms with van der Waals surface area (Å²) in [5, 5.41) is 2.99. The molecule has 1 saturated heterocycles. The zero-order valence-corrected chi connectivity index (χ0v) is 11.9. The van der Waals surface area contributed by atoms with Crippen LogP contribution in [-0.2, 0) is 14.1 Å². The molecule has 5 heteroatoms. The molecule has 0 amide bonds. The van der Waals surface area contributed by atoms with Crippen LogP contribution in [0.25, 0.3) is 0 Å². The van der Waals surface area contributed by atoms with E-state index in [0.717, 1.165) is 17.4 Å². The van der Waals surface area contributed by atoms with Crippen LogP contribution in [0, 0.1) is 0 Å². The van der Waals surface area contributed by atoms with Gasteiger partial charge in [-0.3, -0.25) is 0 Å². The van der Waals surface area contributed by atoms with E-state index >= 15 is 0 Å². The van der Waals surface area contributed by atoms with Crippen molar-refractivity contribution in [3.05, 3.63) is 24.3 Å². The molecule has 1 aliphatic rings. The fourth-order valence-corrected chi connectivity index (χ4v) is 1.90. The van der Waals surface area contributed by atoms with Gasteiger partial charge in [0.25, 0.3) is 0 Å². The molecule has 0 saturated carbocycles. The van der Waals surface area contributed by atoms with E-state index in [-0.39, 0.29) is 18.3 Å². The molecule has 1 heterocycles. The molecule has 0 radical (unpaired) electrons. The number of aldehydes is 1. The summed E-state index contributed by atoms with van der Waals surface area (Å²) in [5.74, 6) is 0. The summed E-state index contributed by atoms with van der Waals surface area (Å²) in [7, 11) is -0.342. The molecule has 0 unspecified atom stereocenters. The predicted molar refractivity (Wildman–Crippen MR) is 76.7 cm³/mol. The van der Waals surface area contributed by atoms with Crippen LogP contribution in [0.1, 0.15) is 27.7 Å². The van der Waals surface area contributed by atoms with Crippen LogP contribution in [0.4, 0.5) is 5.69 Å². The van der Waals surface area contributed by atoms with E-state index in [9.17, 15) is 4.79 Å². The number of carbonyl (C=O) groups excluding carboxylic acids is 1. The third-order valence-corrected chi connectivity index (χ3v) is 3.83. The monoisotopic (exact) mass is 261 g/mol. The van der Waals surface area contributed by atoms with E-state index in [1.54, 1.807) is 0 Å². The van der Waals surface area contributed by atoms with Crippen molar-refractivity contribution in [1.29, 1.82) is 0 Å². The molecule has 4 nitrogen and oxygen atoms in total. The molecular formula is C14H20BNO3. The van der Waals surface area contributed by atoms with Gasteiger partial charge in [-0.25, -0.2) is 0 Å². The van der Waals surface area contributed by atoms with Gasteiger partial charge in [-0.2, -0.15) is 0 Å². The molecular weight excluding hydrogens is 241 g/mol. The molecule has 0 atom stereocenters. The number of nitrogens with one attached hydrogen (secondary N) is 1. The van der Waals surface area contributed by atoms with Crippen molar-refractivity contribution in [2.45, 2.75) is 38.9 Å². The second kappa shape index (κ2) is 4.98. The molecule has 0 aliphatic carbocycles. The third kappa shape index (κ3) is 2.82. The summed E-state index contributed by atoms with van der Waals surface area (Å²) >= 11 is 0. The van der Waals surface area contributed by atoms with Crippen LogP contribution in [0.2, 0.25) is 0 Å². The van der Waals surface area contributed by atoms with Crippen molar-refractivity contribution in [2.75, 3.05) is 11.9 Å². The first kappa shape index (κ1) is 14.1. The number of benzene rings is 1. The second-order valence-corrected chi connectivity index (χ2v) is 5.76. The minimum absolute atomic E-state index is 0.315. The van der Waals surface area contributed by atoms with E-state index in [0.29, 0.717) is 6.54 Å². The molecule has 1 N–H and O–H groups in total. The highest BCUT2D eigenvalue weighted by Gasteiger charge is 2.51. The lowest BCUT2D eigenvalue weighted by Gasteiger charge is -2.32. The third-order valence-electron chi connectivity index (χ3n) is 3.83. The molecule has 0 spiro atoms. The second-order valence-electron chi connectivity index (χ2n) is 5.76. The summed E-state index contributed by atoms with van der Waals surface area (Å²) in [6, 6.07) is 7.75. The average Bonchev–Trinajstić information content (AvgIpc) is 2.56. The lowest BCUT2D eigenvalue weighted by molar-refractivity contribution is -0.106. The standard InChI is InChI=1S/C14H20BNO3/c1-13(2)14(3,4)19-15(18-13)11-5-7-12(8-6-11)16-9-10-17/h5-8,10,16H,9H2,1-4H3. The smallest absolute Gasteiger partial charge is 0.399 e. The van der Waals surface area contributed by atoms with Gasteiger partial charge in [-0.15, -0.1) is 0 Å². The molecule has 102 valence electrons. The van der Waals surface area contributed by atoms with Gasteiger partial charge in [0, 0.05) is 5.69 Å². The normalized spacial score (nSPS) is 20.3. The van der Waals surface area contributed by atoms with Crippen molar-refractivity contribution >= 4 is 24.6 Å². The summed E-state index contributed by atoms with van der Waals surface area (Å²) in [5.41, 5.74) is 1.24. The molecule has 1 fully saturated rings. The van der Waals surface area contributed by atoms with Crippen LogP contribution >= 0.6 is 0 Å². The Morgan fingerprint density at radius 3 is 2.11 bits per heavy atom. The SMILES string of the molecule is CC1(C)OB(c2ccc(NCC=O)cc2)OC1(C)C. The van der Waals surface area contributed by atoms with Crippen molar-refractivity contribution < 1.29 is 14.1 Å². The van der Waals surface area contributed by atoms with Crippen molar-refractivity contribution in [1.82, 2.24) is 0 Å². The van der Waals surface area contributed by atoms with E-state index in [2.05, 4.69) is 5.32 Å². The van der Waals surface area contributed by atoms with E-state index in [1.807, 2.05) is 52.0 Å². The molecule has 1 aromatic carbocycles. The summed E-state index contributed by atoms with van der Waals surface area (Å²) in [6.45, 7) is 8.45. The first-order chi connectivity index (χ1) is 8.86. The zero-order chi connectivity index (χ0) is 14.1. The van der Waals surface area contributed by atoms with Gasteiger partial charge in [0.1, 0.15) is 6.29 Å². The van der Waals surface area contributed by atoms with Gasteiger partial charge < -0.3 is 19.4 Å². The predicted octanol–water partition coefficient (Wildman–Crippen LogP) is 1.60. The lowest BCUT2D eigenvalue weighted by atomic mass is 9.79. The Balaban J connectivity index is 2.10. The van der Waals surface area contributed by atoms with Gasteiger partial charge in [0.15, 0.2) is 0 Å². The molecule has 0 aromatic heterocycles. The summed E-state index contributed by atoms with van der Waals surface area (Å²) in [6.07, 6.45) is 0.835. The average molecular weight is 261 g/mol. The van der Waals surface area contributed by atoms with Gasteiger partial charge in [-0.1, -0.05) is 12.1 Å². The van der Waals surface area contributed by atoms with Crippen LogP contribution in [0.3, 0.4) is 0 Å². The van der Waals surface area contributed by atoms with Gasteiger partial charge in [-0.05, 0) is 45.3 Å². The van der Waals surface area contributed by atoms with Gasteiger partial charge in [0.05, 0.1) is 17.7 Å². The van der Waals surface area contributed by atoms with E-state index in [4.69, 9.17) is 9.31 Å². The van der Waals surface area contributed by atoms with Crippen LogP contribution in [0.15, 0.2) is 24.3 Å². The Hall–Kier alpha value is -1.33. The highest BCUT2D eigenvalue weighted by molar-refractivity contribution is 6.62.